The van der Waals surface area contributed by atoms with Crippen LogP contribution < -0.4 is 0 Å². The molecule has 0 aromatic rings. The van der Waals surface area contributed by atoms with Gasteiger partial charge in [0.25, 0.3) is 0 Å². The van der Waals surface area contributed by atoms with E-state index in [4.69, 9.17) is 4.74 Å². The Bertz CT molecular complexity index is 151. The van der Waals surface area contributed by atoms with Gasteiger partial charge in [0.15, 0.2) is 0 Å². The molecule has 0 unspecified atom stereocenters. The Morgan fingerprint density at radius 3 is 2.38 bits per heavy atom. The first kappa shape index (κ1) is 10.5. The third-order valence-electron chi connectivity index (χ3n) is 2.48. The average molecular weight is 185 g/mol. The molecule has 3 heteroatoms. The van der Waals surface area contributed by atoms with E-state index < -0.39 is 0 Å². The standard InChI is InChI=1S/C10H19NO2/c1-13-9-6-10(12)11-7-4-2-3-5-8-11/h2-9H2,1H3. The first-order chi connectivity index (χ1) is 6.34. The molecule has 1 aliphatic rings. The monoisotopic (exact) mass is 185 g/mol. The highest BCUT2D eigenvalue weighted by Crippen LogP contribution is 2.10. The van der Waals surface area contributed by atoms with E-state index in [0.717, 1.165) is 13.1 Å². The summed E-state index contributed by atoms with van der Waals surface area (Å²) in [7, 11) is 1.63. The quantitative estimate of drug-likeness (QED) is 0.665. The Balaban J connectivity index is 2.26. The summed E-state index contributed by atoms with van der Waals surface area (Å²) in [4.78, 5) is 13.5. The maximum absolute atomic E-state index is 11.6. The van der Waals surface area contributed by atoms with Crippen molar-refractivity contribution in [1.29, 1.82) is 0 Å². The van der Waals surface area contributed by atoms with Gasteiger partial charge in [0, 0.05) is 20.2 Å². The molecule has 0 atom stereocenters. The minimum atomic E-state index is 0.253. The van der Waals surface area contributed by atoms with Crippen LogP contribution in [0, 0.1) is 0 Å². The fraction of sp³-hybridized carbons (Fsp3) is 0.900. The molecule has 3 nitrogen and oxygen atoms in total. The SMILES string of the molecule is COCCC(=O)N1CCCCCC1. The van der Waals surface area contributed by atoms with E-state index in [2.05, 4.69) is 0 Å². The van der Waals surface area contributed by atoms with Crippen LogP contribution in [-0.4, -0.2) is 37.6 Å². The van der Waals surface area contributed by atoms with Gasteiger partial charge in [0.05, 0.1) is 13.0 Å². The van der Waals surface area contributed by atoms with E-state index in [1.54, 1.807) is 7.11 Å². The van der Waals surface area contributed by atoms with Crippen LogP contribution in [0.4, 0.5) is 0 Å². The predicted octanol–water partition coefficient (Wildman–Crippen LogP) is 1.43. The van der Waals surface area contributed by atoms with E-state index in [0.29, 0.717) is 13.0 Å². The molecular weight excluding hydrogens is 166 g/mol. The molecule has 0 spiro atoms. The molecule has 1 fully saturated rings. The first-order valence-electron chi connectivity index (χ1n) is 5.11. The molecule has 1 amide bonds. The number of hydrogen-bond donors (Lipinski definition) is 0. The van der Waals surface area contributed by atoms with Crippen LogP contribution in [0.15, 0.2) is 0 Å². The molecule has 0 saturated carbocycles. The largest absolute Gasteiger partial charge is 0.384 e. The molecule has 13 heavy (non-hydrogen) atoms. The van der Waals surface area contributed by atoms with Crippen LogP contribution >= 0.6 is 0 Å². The second-order valence-corrected chi connectivity index (χ2v) is 3.54. The summed E-state index contributed by atoms with van der Waals surface area (Å²) in [5.41, 5.74) is 0. The number of methoxy groups -OCH3 is 1. The van der Waals surface area contributed by atoms with Crippen molar-refractivity contribution in [2.24, 2.45) is 0 Å². The number of carbonyl (C=O) groups excluding carboxylic acids is 1. The lowest BCUT2D eigenvalue weighted by Gasteiger charge is -2.19. The minimum absolute atomic E-state index is 0.253. The fourth-order valence-electron chi connectivity index (χ4n) is 1.67. The summed E-state index contributed by atoms with van der Waals surface area (Å²) in [5, 5.41) is 0. The lowest BCUT2D eigenvalue weighted by molar-refractivity contribution is -0.132. The molecule has 0 bridgehead atoms. The highest BCUT2D eigenvalue weighted by atomic mass is 16.5. The van der Waals surface area contributed by atoms with E-state index in [-0.39, 0.29) is 5.91 Å². The highest BCUT2D eigenvalue weighted by molar-refractivity contribution is 5.76. The molecule has 1 rings (SSSR count). The summed E-state index contributed by atoms with van der Waals surface area (Å²) >= 11 is 0. The van der Waals surface area contributed by atoms with Gasteiger partial charge in [0.1, 0.15) is 0 Å². The number of carbonyl (C=O) groups is 1. The van der Waals surface area contributed by atoms with Gasteiger partial charge < -0.3 is 9.64 Å². The summed E-state index contributed by atoms with van der Waals surface area (Å²) in [5.74, 6) is 0.253. The molecule has 0 aliphatic carbocycles. The summed E-state index contributed by atoms with van der Waals surface area (Å²) in [6.07, 6.45) is 5.41. The number of rotatable bonds is 3. The van der Waals surface area contributed by atoms with E-state index >= 15 is 0 Å². The lowest BCUT2D eigenvalue weighted by atomic mass is 10.2. The van der Waals surface area contributed by atoms with Crippen molar-refractivity contribution in [1.82, 2.24) is 4.90 Å². The molecule has 0 aromatic carbocycles. The molecular formula is C10H19NO2. The van der Waals surface area contributed by atoms with Crippen molar-refractivity contribution in [2.75, 3.05) is 26.8 Å². The number of nitrogens with zero attached hydrogens (tertiary/aromatic N) is 1. The van der Waals surface area contributed by atoms with E-state index in [1.165, 1.54) is 25.7 Å². The predicted molar refractivity (Wildman–Crippen MR) is 51.5 cm³/mol. The highest BCUT2D eigenvalue weighted by Gasteiger charge is 2.14. The average Bonchev–Trinajstić information content (AvgIpc) is 2.42. The zero-order valence-electron chi connectivity index (χ0n) is 8.42. The smallest absolute Gasteiger partial charge is 0.224 e. The Hall–Kier alpha value is -0.570. The number of amides is 1. The molecule has 1 saturated heterocycles. The van der Waals surface area contributed by atoms with Gasteiger partial charge >= 0.3 is 0 Å². The van der Waals surface area contributed by atoms with Gasteiger partial charge in [-0.1, -0.05) is 12.8 Å². The van der Waals surface area contributed by atoms with Crippen LogP contribution in [0.1, 0.15) is 32.1 Å². The van der Waals surface area contributed by atoms with E-state index in [9.17, 15) is 4.79 Å². The second-order valence-electron chi connectivity index (χ2n) is 3.54. The number of hydrogen-bond acceptors (Lipinski definition) is 2. The molecule has 0 radical (unpaired) electrons. The fourth-order valence-corrected chi connectivity index (χ4v) is 1.67. The maximum Gasteiger partial charge on any atom is 0.224 e. The van der Waals surface area contributed by atoms with Crippen LogP contribution in [0.2, 0.25) is 0 Å². The Morgan fingerprint density at radius 1 is 1.23 bits per heavy atom. The molecule has 1 heterocycles. The van der Waals surface area contributed by atoms with Gasteiger partial charge in [-0.3, -0.25) is 4.79 Å². The molecule has 76 valence electrons. The third-order valence-corrected chi connectivity index (χ3v) is 2.48. The summed E-state index contributed by atoms with van der Waals surface area (Å²) < 4.78 is 4.89. The van der Waals surface area contributed by atoms with Crippen molar-refractivity contribution in [3.63, 3.8) is 0 Å². The van der Waals surface area contributed by atoms with Crippen molar-refractivity contribution >= 4 is 5.91 Å². The third kappa shape index (κ3) is 3.77. The summed E-state index contributed by atoms with van der Waals surface area (Å²) in [6, 6.07) is 0. The van der Waals surface area contributed by atoms with Crippen LogP contribution in [0.5, 0.6) is 0 Å². The van der Waals surface area contributed by atoms with Crippen molar-refractivity contribution in [3.8, 4) is 0 Å². The second kappa shape index (κ2) is 5.97. The normalized spacial score (nSPS) is 18.4. The molecule has 0 aromatic heterocycles. The van der Waals surface area contributed by atoms with Gasteiger partial charge in [0.2, 0.25) is 5.91 Å². The van der Waals surface area contributed by atoms with Gasteiger partial charge in [-0.15, -0.1) is 0 Å². The van der Waals surface area contributed by atoms with Gasteiger partial charge in [-0.25, -0.2) is 0 Å². The summed E-state index contributed by atoms with van der Waals surface area (Å²) in [6.45, 7) is 2.44. The number of ether oxygens (including phenoxy) is 1. The van der Waals surface area contributed by atoms with Crippen LogP contribution in [0.3, 0.4) is 0 Å². The van der Waals surface area contributed by atoms with Crippen molar-refractivity contribution in [3.05, 3.63) is 0 Å². The topological polar surface area (TPSA) is 29.5 Å². The van der Waals surface area contributed by atoms with Crippen LogP contribution in [-0.2, 0) is 9.53 Å². The van der Waals surface area contributed by atoms with Crippen LogP contribution in [0.25, 0.3) is 0 Å². The molecule has 1 aliphatic heterocycles. The van der Waals surface area contributed by atoms with Crippen molar-refractivity contribution in [2.45, 2.75) is 32.1 Å². The Morgan fingerprint density at radius 2 is 1.85 bits per heavy atom. The lowest BCUT2D eigenvalue weighted by Crippen LogP contribution is -2.32. The van der Waals surface area contributed by atoms with Gasteiger partial charge in [-0.05, 0) is 12.8 Å². The van der Waals surface area contributed by atoms with Crippen molar-refractivity contribution < 1.29 is 9.53 Å². The molecule has 0 N–H and O–H groups in total. The Kier molecular flexibility index (Phi) is 4.83. The van der Waals surface area contributed by atoms with E-state index in [1.807, 2.05) is 4.90 Å². The zero-order chi connectivity index (χ0) is 9.52. The minimum Gasteiger partial charge on any atom is -0.384 e. The number of likely N-dealkylation sites (tertiary alicyclic amines) is 1. The first-order valence-corrected chi connectivity index (χ1v) is 5.11. The Labute approximate surface area is 80.1 Å². The van der Waals surface area contributed by atoms with Gasteiger partial charge in [-0.2, -0.15) is 0 Å². The zero-order valence-corrected chi connectivity index (χ0v) is 8.42. The maximum atomic E-state index is 11.6.